The van der Waals surface area contributed by atoms with Gasteiger partial charge in [0.25, 0.3) is 0 Å². The lowest BCUT2D eigenvalue weighted by Gasteiger charge is -2.40. The van der Waals surface area contributed by atoms with E-state index >= 15 is 0 Å². The number of aromatic nitrogens is 3. The van der Waals surface area contributed by atoms with E-state index in [1.54, 1.807) is 24.5 Å². The second-order valence-electron chi connectivity index (χ2n) is 8.82. The van der Waals surface area contributed by atoms with Crippen LogP contribution in [0.5, 0.6) is 0 Å². The molecule has 6 heteroatoms. The molecule has 4 heterocycles. The highest BCUT2D eigenvalue weighted by Gasteiger charge is 2.41. The zero-order valence-corrected chi connectivity index (χ0v) is 17.3. The van der Waals surface area contributed by atoms with Crippen molar-refractivity contribution in [3.8, 4) is 5.95 Å². The zero-order chi connectivity index (χ0) is 20.4. The fraction of sp³-hybridized carbons (Fsp3) is 0.417. The van der Waals surface area contributed by atoms with Crippen molar-refractivity contribution >= 4 is 0 Å². The molecule has 1 unspecified atom stereocenters. The van der Waals surface area contributed by atoms with Gasteiger partial charge in [-0.3, -0.25) is 14.4 Å². The van der Waals surface area contributed by atoms with Gasteiger partial charge in [0.15, 0.2) is 0 Å². The summed E-state index contributed by atoms with van der Waals surface area (Å²) in [7, 11) is 0. The van der Waals surface area contributed by atoms with Crippen LogP contribution in [0.3, 0.4) is 0 Å². The fourth-order valence-electron chi connectivity index (χ4n) is 5.17. The quantitative estimate of drug-likeness (QED) is 0.645. The van der Waals surface area contributed by atoms with Gasteiger partial charge >= 0.3 is 0 Å². The zero-order valence-electron chi connectivity index (χ0n) is 17.3. The minimum Gasteiger partial charge on any atom is -0.298 e. The number of benzene rings is 1. The summed E-state index contributed by atoms with van der Waals surface area (Å²) in [5, 5.41) is 0. The summed E-state index contributed by atoms with van der Waals surface area (Å²) < 4.78 is 15.3. The molecule has 1 atom stereocenters. The predicted octanol–water partition coefficient (Wildman–Crippen LogP) is 3.89. The summed E-state index contributed by atoms with van der Waals surface area (Å²) in [5.74, 6) is 0.570. The molecular weight excluding hydrogens is 377 g/mol. The van der Waals surface area contributed by atoms with E-state index in [-0.39, 0.29) is 5.82 Å². The van der Waals surface area contributed by atoms with Crippen LogP contribution in [0.25, 0.3) is 5.95 Å². The standard InChI is InChI=1S/C24H28FN5/c25-21-7-5-20(6-8-21)16-28-13-2-9-24(18-28)10-15-29(19-24)17-22-4-1-14-30(22)23-26-11-3-12-27-23/h1,3-8,11-12,14H,2,9-10,13,15-19H2. The van der Waals surface area contributed by atoms with Crippen molar-refractivity contribution in [3.63, 3.8) is 0 Å². The summed E-state index contributed by atoms with van der Waals surface area (Å²) in [6.07, 6.45) is 9.40. The van der Waals surface area contributed by atoms with Crippen molar-refractivity contribution in [1.29, 1.82) is 0 Å². The van der Waals surface area contributed by atoms with Gasteiger partial charge in [-0.15, -0.1) is 0 Å². The molecule has 1 spiro atoms. The number of nitrogens with zero attached hydrogens (tertiary/aromatic N) is 5. The summed E-state index contributed by atoms with van der Waals surface area (Å²) in [4.78, 5) is 13.9. The van der Waals surface area contributed by atoms with Crippen LogP contribution >= 0.6 is 0 Å². The second-order valence-corrected chi connectivity index (χ2v) is 8.82. The third-order valence-corrected chi connectivity index (χ3v) is 6.56. The van der Waals surface area contributed by atoms with Crippen molar-refractivity contribution in [2.75, 3.05) is 26.2 Å². The Hall–Kier alpha value is -2.57. The average Bonchev–Trinajstić information content (AvgIpc) is 3.38. The molecule has 30 heavy (non-hydrogen) atoms. The van der Waals surface area contributed by atoms with E-state index < -0.39 is 0 Å². The van der Waals surface area contributed by atoms with Crippen LogP contribution in [-0.4, -0.2) is 50.5 Å². The number of hydrogen-bond donors (Lipinski definition) is 0. The molecule has 2 saturated heterocycles. The fourth-order valence-corrected chi connectivity index (χ4v) is 5.17. The lowest BCUT2D eigenvalue weighted by Crippen LogP contribution is -2.44. The molecule has 2 aliphatic heterocycles. The number of rotatable bonds is 5. The monoisotopic (exact) mass is 405 g/mol. The average molecular weight is 406 g/mol. The molecule has 3 aromatic rings. The predicted molar refractivity (Wildman–Crippen MR) is 115 cm³/mol. The molecule has 5 rings (SSSR count). The van der Waals surface area contributed by atoms with Gasteiger partial charge in [-0.1, -0.05) is 12.1 Å². The Kier molecular flexibility index (Phi) is 5.35. The van der Waals surface area contributed by atoms with Crippen molar-refractivity contribution in [3.05, 3.63) is 78.1 Å². The lowest BCUT2D eigenvalue weighted by atomic mass is 9.79. The smallest absolute Gasteiger partial charge is 0.233 e. The molecule has 0 radical (unpaired) electrons. The Morgan fingerprint density at radius 3 is 2.43 bits per heavy atom. The molecule has 2 aromatic heterocycles. The first-order valence-electron chi connectivity index (χ1n) is 10.8. The summed E-state index contributed by atoms with van der Waals surface area (Å²) in [6, 6.07) is 13.0. The van der Waals surface area contributed by atoms with Crippen molar-refractivity contribution in [2.24, 2.45) is 5.41 Å². The van der Waals surface area contributed by atoms with E-state index in [1.807, 2.05) is 24.4 Å². The number of halogens is 1. The largest absolute Gasteiger partial charge is 0.298 e. The van der Waals surface area contributed by atoms with Gasteiger partial charge in [0.05, 0.1) is 0 Å². The van der Waals surface area contributed by atoms with Crippen LogP contribution in [-0.2, 0) is 13.1 Å². The van der Waals surface area contributed by atoms with Gasteiger partial charge in [0.2, 0.25) is 5.95 Å². The van der Waals surface area contributed by atoms with Crippen LogP contribution in [0, 0.1) is 11.2 Å². The summed E-state index contributed by atoms with van der Waals surface area (Å²) >= 11 is 0. The molecule has 0 amide bonds. The minimum atomic E-state index is -0.161. The first kappa shape index (κ1) is 19.4. The molecule has 0 bridgehead atoms. The van der Waals surface area contributed by atoms with E-state index in [1.165, 1.54) is 30.5 Å². The van der Waals surface area contributed by atoms with Gasteiger partial charge in [-0.25, -0.2) is 14.4 Å². The van der Waals surface area contributed by atoms with Crippen LogP contribution in [0.4, 0.5) is 4.39 Å². The van der Waals surface area contributed by atoms with Crippen molar-refractivity contribution in [2.45, 2.75) is 32.4 Å². The number of likely N-dealkylation sites (tertiary alicyclic amines) is 2. The van der Waals surface area contributed by atoms with Gasteiger partial charge in [0, 0.05) is 50.5 Å². The molecular formula is C24H28FN5. The maximum absolute atomic E-state index is 13.2. The first-order valence-corrected chi connectivity index (χ1v) is 10.8. The SMILES string of the molecule is Fc1ccc(CN2CCCC3(CCN(Cc4cccn4-c4ncccn4)C3)C2)cc1. The van der Waals surface area contributed by atoms with Crippen LogP contribution in [0.1, 0.15) is 30.5 Å². The van der Waals surface area contributed by atoms with Gasteiger partial charge in [-0.05, 0) is 73.7 Å². The molecule has 0 saturated carbocycles. The Morgan fingerprint density at radius 2 is 1.63 bits per heavy atom. The van der Waals surface area contributed by atoms with Crippen LogP contribution in [0.15, 0.2) is 61.1 Å². The third-order valence-electron chi connectivity index (χ3n) is 6.56. The summed E-state index contributed by atoms with van der Waals surface area (Å²) in [6.45, 7) is 6.36. The Labute approximate surface area is 177 Å². The minimum absolute atomic E-state index is 0.161. The number of piperidine rings is 1. The molecule has 0 aliphatic carbocycles. The highest BCUT2D eigenvalue weighted by molar-refractivity contribution is 5.21. The van der Waals surface area contributed by atoms with Crippen LogP contribution < -0.4 is 0 Å². The molecule has 1 aromatic carbocycles. The molecule has 156 valence electrons. The summed E-state index contributed by atoms with van der Waals surface area (Å²) in [5.41, 5.74) is 2.81. The lowest BCUT2D eigenvalue weighted by molar-refractivity contribution is 0.0864. The first-order chi connectivity index (χ1) is 14.7. The van der Waals surface area contributed by atoms with E-state index in [0.717, 1.165) is 45.2 Å². The van der Waals surface area contributed by atoms with Gasteiger partial charge in [-0.2, -0.15) is 0 Å². The maximum atomic E-state index is 13.2. The Morgan fingerprint density at radius 1 is 0.867 bits per heavy atom. The second kappa shape index (κ2) is 8.28. The highest BCUT2D eigenvalue weighted by atomic mass is 19.1. The normalized spacial score (nSPS) is 22.7. The van der Waals surface area contributed by atoms with Crippen molar-refractivity contribution in [1.82, 2.24) is 24.3 Å². The Bertz CT molecular complexity index is 971. The number of hydrogen-bond acceptors (Lipinski definition) is 4. The van der Waals surface area contributed by atoms with E-state index in [4.69, 9.17) is 0 Å². The molecule has 0 N–H and O–H groups in total. The van der Waals surface area contributed by atoms with Gasteiger partial charge in [0.1, 0.15) is 5.82 Å². The molecule has 5 nitrogen and oxygen atoms in total. The van der Waals surface area contributed by atoms with Crippen molar-refractivity contribution < 1.29 is 4.39 Å². The maximum Gasteiger partial charge on any atom is 0.233 e. The Balaban J connectivity index is 1.23. The van der Waals surface area contributed by atoms with E-state index in [0.29, 0.717) is 5.41 Å². The third kappa shape index (κ3) is 4.16. The molecule has 2 fully saturated rings. The highest BCUT2D eigenvalue weighted by Crippen LogP contribution is 2.39. The van der Waals surface area contributed by atoms with Gasteiger partial charge < -0.3 is 0 Å². The van der Waals surface area contributed by atoms with E-state index in [9.17, 15) is 4.39 Å². The molecule has 2 aliphatic rings. The van der Waals surface area contributed by atoms with Crippen LogP contribution in [0.2, 0.25) is 0 Å². The topological polar surface area (TPSA) is 37.2 Å². The van der Waals surface area contributed by atoms with E-state index in [2.05, 4.69) is 36.5 Å².